The molecule has 8 heteroatoms. The smallest absolute Gasteiger partial charge is 0.338 e. The van der Waals surface area contributed by atoms with Gasteiger partial charge >= 0.3 is 12.0 Å². The van der Waals surface area contributed by atoms with Gasteiger partial charge in [0.1, 0.15) is 5.82 Å². The molecule has 1 unspecified atom stereocenters. The van der Waals surface area contributed by atoms with E-state index in [4.69, 9.17) is 9.72 Å². The zero-order valence-electron chi connectivity index (χ0n) is 20.5. The van der Waals surface area contributed by atoms with Gasteiger partial charge in [-0.05, 0) is 61.9 Å². The van der Waals surface area contributed by atoms with Crippen LogP contribution >= 0.6 is 0 Å². The Morgan fingerprint density at radius 2 is 1.64 bits per heavy atom. The van der Waals surface area contributed by atoms with Gasteiger partial charge in [0, 0.05) is 12.7 Å². The second-order valence-corrected chi connectivity index (χ2v) is 8.23. The maximum absolute atomic E-state index is 13.6. The van der Waals surface area contributed by atoms with E-state index in [9.17, 15) is 14.4 Å². The minimum absolute atomic E-state index is 0.191. The van der Waals surface area contributed by atoms with Crippen LogP contribution in [0.2, 0.25) is 0 Å². The summed E-state index contributed by atoms with van der Waals surface area (Å²) in [5.41, 5.74) is 2.00. The molecule has 2 amide bonds. The molecule has 8 nitrogen and oxygen atoms in total. The topological polar surface area (TPSA) is 93.5 Å². The lowest BCUT2D eigenvalue weighted by atomic mass is 10.1. The van der Waals surface area contributed by atoms with Gasteiger partial charge < -0.3 is 15.0 Å². The Morgan fingerprint density at radius 1 is 0.972 bits per heavy atom. The molecule has 0 saturated heterocycles. The average molecular weight is 485 g/mol. The SMILES string of the molecule is CCOC(=O)c1ccc(NC(=O)N(C)C(CC)c2nc3ccccc3c(=O)n2-c2ccccc2)cc1. The lowest BCUT2D eigenvalue weighted by molar-refractivity contribution is 0.0526. The summed E-state index contributed by atoms with van der Waals surface area (Å²) >= 11 is 0. The molecule has 36 heavy (non-hydrogen) atoms. The van der Waals surface area contributed by atoms with Crippen molar-refractivity contribution in [2.24, 2.45) is 0 Å². The summed E-state index contributed by atoms with van der Waals surface area (Å²) in [4.78, 5) is 45.0. The van der Waals surface area contributed by atoms with Crippen LogP contribution in [0.3, 0.4) is 0 Å². The number of carbonyl (C=O) groups is 2. The van der Waals surface area contributed by atoms with Crippen LogP contribution in [0.5, 0.6) is 0 Å². The third-order valence-corrected chi connectivity index (χ3v) is 5.94. The quantitative estimate of drug-likeness (QED) is 0.365. The zero-order chi connectivity index (χ0) is 25.7. The van der Waals surface area contributed by atoms with E-state index >= 15 is 0 Å². The Balaban J connectivity index is 1.68. The number of hydrogen-bond acceptors (Lipinski definition) is 5. The number of anilines is 1. The lowest BCUT2D eigenvalue weighted by Gasteiger charge is -2.29. The maximum atomic E-state index is 13.6. The summed E-state index contributed by atoms with van der Waals surface area (Å²) in [5.74, 6) is 0.0579. The van der Waals surface area contributed by atoms with Gasteiger partial charge in [0.25, 0.3) is 5.56 Å². The molecule has 0 radical (unpaired) electrons. The summed E-state index contributed by atoms with van der Waals surface area (Å²) in [6, 6.07) is 22.1. The van der Waals surface area contributed by atoms with Crippen LogP contribution in [-0.4, -0.2) is 40.1 Å². The van der Waals surface area contributed by atoms with Crippen LogP contribution in [0.25, 0.3) is 16.6 Å². The van der Waals surface area contributed by atoms with Gasteiger partial charge in [0.15, 0.2) is 0 Å². The predicted molar refractivity (Wildman–Crippen MR) is 140 cm³/mol. The first kappa shape index (κ1) is 24.7. The maximum Gasteiger partial charge on any atom is 0.338 e. The van der Waals surface area contributed by atoms with Crippen LogP contribution in [0.15, 0.2) is 83.7 Å². The van der Waals surface area contributed by atoms with Crippen molar-refractivity contribution in [1.29, 1.82) is 0 Å². The number of urea groups is 1. The van der Waals surface area contributed by atoms with E-state index in [-0.39, 0.29) is 18.2 Å². The highest BCUT2D eigenvalue weighted by molar-refractivity contribution is 5.92. The van der Waals surface area contributed by atoms with Gasteiger partial charge in [0.2, 0.25) is 0 Å². The molecule has 0 spiro atoms. The van der Waals surface area contributed by atoms with Crippen molar-refractivity contribution in [2.75, 3.05) is 19.0 Å². The third-order valence-electron chi connectivity index (χ3n) is 5.94. The van der Waals surface area contributed by atoms with Crippen molar-refractivity contribution in [3.63, 3.8) is 0 Å². The molecular weight excluding hydrogens is 456 g/mol. The molecule has 0 aliphatic carbocycles. The van der Waals surface area contributed by atoms with Crippen molar-refractivity contribution in [1.82, 2.24) is 14.5 Å². The molecule has 184 valence electrons. The molecule has 1 aromatic heterocycles. The first-order valence-electron chi connectivity index (χ1n) is 11.8. The van der Waals surface area contributed by atoms with Gasteiger partial charge in [-0.2, -0.15) is 0 Å². The van der Waals surface area contributed by atoms with E-state index in [1.54, 1.807) is 54.9 Å². The van der Waals surface area contributed by atoms with E-state index in [0.29, 0.717) is 40.1 Å². The number of amides is 2. The van der Waals surface area contributed by atoms with Gasteiger partial charge in [-0.3, -0.25) is 9.36 Å². The number of para-hydroxylation sites is 2. The number of carbonyl (C=O) groups excluding carboxylic acids is 2. The highest BCUT2D eigenvalue weighted by atomic mass is 16.5. The van der Waals surface area contributed by atoms with Crippen molar-refractivity contribution >= 4 is 28.6 Å². The monoisotopic (exact) mass is 484 g/mol. The van der Waals surface area contributed by atoms with Crippen molar-refractivity contribution in [2.45, 2.75) is 26.3 Å². The number of nitrogens with one attached hydrogen (secondary N) is 1. The first-order chi connectivity index (χ1) is 17.4. The molecule has 3 aromatic carbocycles. The zero-order valence-corrected chi connectivity index (χ0v) is 20.5. The number of benzene rings is 3. The second-order valence-electron chi connectivity index (χ2n) is 8.23. The number of ether oxygens (including phenoxy) is 1. The highest BCUT2D eigenvalue weighted by Gasteiger charge is 2.26. The molecule has 0 saturated carbocycles. The van der Waals surface area contributed by atoms with Gasteiger partial charge in [0.05, 0.1) is 34.8 Å². The molecule has 0 aliphatic heterocycles. The molecule has 0 aliphatic rings. The van der Waals surface area contributed by atoms with Gasteiger partial charge in [-0.1, -0.05) is 37.3 Å². The summed E-state index contributed by atoms with van der Waals surface area (Å²) in [6.45, 7) is 3.98. The van der Waals surface area contributed by atoms with Gasteiger partial charge in [-0.15, -0.1) is 0 Å². The van der Waals surface area contributed by atoms with Crippen LogP contribution in [0, 0.1) is 0 Å². The third kappa shape index (κ3) is 4.98. The summed E-state index contributed by atoms with van der Waals surface area (Å²) in [5, 5.41) is 3.36. The number of nitrogens with zero attached hydrogens (tertiary/aromatic N) is 3. The van der Waals surface area contributed by atoms with Crippen LogP contribution in [0.4, 0.5) is 10.5 Å². The Labute approximate surface area is 209 Å². The fraction of sp³-hybridized carbons (Fsp3) is 0.214. The Kier molecular flexibility index (Phi) is 7.44. The van der Waals surface area contributed by atoms with E-state index < -0.39 is 12.0 Å². The summed E-state index contributed by atoms with van der Waals surface area (Å²) in [7, 11) is 1.67. The standard InChI is InChI=1S/C28H28N4O4/c1-4-24(31(3)28(35)29-20-17-15-19(16-18-20)27(34)36-5-2)25-30-23-14-10-9-13-22(23)26(33)32(25)21-11-7-6-8-12-21/h6-18,24H,4-5H2,1-3H3,(H,29,35). The predicted octanol–water partition coefficient (Wildman–Crippen LogP) is 5.18. The Bertz CT molecular complexity index is 1430. The molecule has 1 heterocycles. The first-order valence-corrected chi connectivity index (χ1v) is 11.8. The van der Waals surface area contributed by atoms with E-state index in [2.05, 4.69) is 5.32 Å². The van der Waals surface area contributed by atoms with E-state index in [1.165, 1.54) is 4.90 Å². The average Bonchev–Trinajstić information content (AvgIpc) is 2.90. The molecular formula is C28H28N4O4. The van der Waals surface area contributed by atoms with Crippen molar-refractivity contribution in [3.8, 4) is 5.69 Å². The van der Waals surface area contributed by atoms with Crippen molar-refractivity contribution < 1.29 is 14.3 Å². The normalized spacial score (nSPS) is 11.6. The number of aromatic nitrogens is 2. The highest BCUT2D eigenvalue weighted by Crippen LogP contribution is 2.25. The summed E-state index contributed by atoms with van der Waals surface area (Å²) < 4.78 is 6.58. The molecule has 1 N–H and O–H groups in total. The number of rotatable bonds is 7. The Morgan fingerprint density at radius 3 is 2.31 bits per heavy atom. The largest absolute Gasteiger partial charge is 0.462 e. The van der Waals surface area contributed by atoms with E-state index in [1.807, 2.05) is 49.4 Å². The minimum Gasteiger partial charge on any atom is -0.462 e. The molecule has 4 rings (SSSR count). The fourth-order valence-corrected chi connectivity index (χ4v) is 4.09. The number of esters is 1. The lowest BCUT2D eigenvalue weighted by Crippen LogP contribution is -2.38. The van der Waals surface area contributed by atoms with Crippen LogP contribution in [-0.2, 0) is 4.74 Å². The van der Waals surface area contributed by atoms with Crippen LogP contribution in [0.1, 0.15) is 42.5 Å². The molecule has 1 atom stereocenters. The van der Waals surface area contributed by atoms with Crippen LogP contribution < -0.4 is 10.9 Å². The fourth-order valence-electron chi connectivity index (χ4n) is 4.09. The summed E-state index contributed by atoms with van der Waals surface area (Å²) in [6.07, 6.45) is 0.531. The molecule has 0 bridgehead atoms. The van der Waals surface area contributed by atoms with E-state index in [0.717, 1.165) is 0 Å². The molecule has 4 aromatic rings. The van der Waals surface area contributed by atoms with Crippen molar-refractivity contribution in [3.05, 3.63) is 101 Å². The minimum atomic E-state index is -0.485. The number of fused-ring (bicyclic) bond motifs is 1. The second kappa shape index (κ2) is 10.9. The number of hydrogen-bond donors (Lipinski definition) is 1. The van der Waals surface area contributed by atoms with Gasteiger partial charge in [-0.25, -0.2) is 14.6 Å². The molecule has 0 fully saturated rings. The Hall–Kier alpha value is -4.46.